The molecule has 0 fully saturated rings. The molecule has 0 saturated heterocycles. The normalized spacial score (nSPS) is 10.6. The van der Waals surface area contributed by atoms with Gasteiger partial charge in [-0.25, -0.2) is 13.8 Å². The zero-order valence-corrected chi connectivity index (χ0v) is 17.7. The Bertz CT molecular complexity index is 1140. The molecule has 11 heteroatoms. The standard InChI is InChI=1S/C20H16ClF2N3O4S/c1-29-16-6-11(5-14(21)18(16)30-9-17(24)27)19(28)26-20-25-8-13(31-20)4-10-2-3-12(22)7-15(10)23/h2-3,5-8H,4,9H2,1H3,(H2,24,27)(H,25,26,28). The van der Waals surface area contributed by atoms with Crippen LogP contribution in [-0.4, -0.2) is 30.5 Å². The number of amides is 2. The molecule has 0 unspecified atom stereocenters. The molecule has 7 nitrogen and oxygen atoms in total. The summed E-state index contributed by atoms with van der Waals surface area (Å²) >= 11 is 7.30. The van der Waals surface area contributed by atoms with E-state index in [1.54, 1.807) is 0 Å². The predicted molar refractivity (Wildman–Crippen MR) is 112 cm³/mol. The molecule has 3 aromatic rings. The minimum absolute atomic E-state index is 0.0531. The average Bonchev–Trinajstić information content (AvgIpc) is 3.15. The van der Waals surface area contributed by atoms with Gasteiger partial charge in [0.2, 0.25) is 0 Å². The molecule has 0 bridgehead atoms. The first-order valence-corrected chi connectivity index (χ1v) is 9.95. The number of halogens is 3. The maximum atomic E-state index is 13.8. The lowest BCUT2D eigenvalue weighted by Crippen LogP contribution is -2.20. The molecular formula is C20H16ClF2N3O4S. The van der Waals surface area contributed by atoms with Crippen molar-refractivity contribution < 1.29 is 27.8 Å². The topological polar surface area (TPSA) is 104 Å². The van der Waals surface area contributed by atoms with E-state index in [2.05, 4.69) is 10.3 Å². The predicted octanol–water partition coefficient (Wildman–Crippen LogP) is 3.79. The molecule has 2 amide bonds. The number of hydrogen-bond acceptors (Lipinski definition) is 6. The molecule has 1 aromatic heterocycles. The van der Waals surface area contributed by atoms with E-state index in [9.17, 15) is 18.4 Å². The van der Waals surface area contributed by atoms with Gasteiger partial charge in [-0.05, 0) is 23.8 Å². The van der Waals surface area contributed by atoms with E-state index in [0.717, 1.165) is 17.4 Å². The molecule has 0 spiro atoms. The Morgan fingerprint density at radius 2 is 2.03 bits per heavy atom. The number of hydrogen-bond donors (Lipinski definition) is 2. The van der Waals surface area contributed by atoms with Gasteiger partial charge in [-0.2, -0.15) is 0 Å². The molecule has 1 heterocycles. The third-order valence-electron chi connectivity index (χ3n) is 4.00. The first-order valence-electron chi connectivity index (χ1n) is 8.75. The number of nitrogens with one attached hydrogen (secondary N) is 1. The van der Waals surface area contributed by atoms with Gasteiger partial charge in [0.1, 0.15) is 11.6 Å². The second kappa shape index (κ2) is 9.71. The van der Waals surface area contributed by atoms with Crippen LogP contribution in [0.4, 0.5) is 13.9 Å². The van der Waals surface area contributed by atoms with E-state index in [-0.39, 0.29) is 33.6 Å². The van der Waals surface area contributed by atoms with Gasteiger partial charge >= 0.3 is 0 Å². The van der Waals surface area contributed by atoms with Crippen molar-refractivity contribution in [1.82, 2.24) is 4.98 Å². The number of anilines is 1. The molecule has 0 atom stereocenters. The minimum Gasteiger partial charge on any atom is -0.493 e. The van der Waals surface area contributed by atoms with Gasteiger partial charge in [0.15, 0.2) is 23.2 Å². The van der Waals surface area contributed by atoms with Gasteiger partial charge in [0.05, 0.1) is 12.1 Å². The number of nitrogens with two attached hydrogens (primary N) is 1. The number of methoxy groups -OCH3 is 1. The molecule has 2 aromatic carbocycles. The van der Waals surface area contributed by atoms with Crippen LogP contribution in [-0.2, 0) is 11.2 Å². The van der Waals surface area contributed by atoms with Crippen molar-refractivity contribution in [2.45, 2.75) is 6.42 Å². The number of nitrogens with zero attached hydrogens (tertiary/aromatic N) is 1. The van der Waals surface area contributed by atoms with Gasteiger partial charge < -0.3 is 15.2 Å². The molecule has 0 saturated carbocycles. The van der Waals surface area contributed by atoms with E-state index in [1.165, 1.54) is 37.6 Å². The van der Waals surface area contributed by atoms with Crippen LogP contribution in [0, 0.1) is 11.6 Å². The second-order valence-electron chi connectivity index (χ2n) is 6.24. The molecule has 0 aliphatic carbocycles. The van der Waals surface area contributed by atoms with Crippen LogP contribution in [0.3, 0.4) is 0 Å². The number of ether oxygens (including phenoxy) is 2. The van der Waals surface area contributed by atoms with Gasteiger partial charge in [-0.3, -0.25) is 14.9 Å². The lowest BCUT2D eigenvalue weighted by atomic mass is 10.1. The zero-order valence-electron chi connectivity index (χ0n) is 16.1. The Morgan fingerprint density at radius 3 is 2.71 bits per heavy atom. The number of rotatable bonds is 8. The summed E-state index contributed by atoms with van der Waals surface area (Å²) in [5, 5.41) is 2.96. The van der Waals surface area contributed by atoms with Crippen LogP contribution in [0.2, 0.25) is 5.02 Å². The summed E-state index contributed by atoms with van der Waals surface area (Å²) in [5.74, 6) is -2.29. The first-order chi connectivity index (χ1) is 14.8. The van der Waals surface area contributed by atoms with Crippen LogP contribution in [0.5, 0.6) is 11.5 Å². The highest BCUT2D eigenvalue weighted by Gasteiger charge is 2.18. The Labute approximate surface area is 184 Å². The molecule has 3 N–H and O–H groups in total. The Kier molecular flexibility index (Phi) is 7.03. The van der Waals surface area contributed by atoms with Crippen LogP contribution in [0.1, 0.15) is 20.8 Å². The zero-order chi connectivity index (χ0) is 22.5. The summed E-state index contributed by atoms with van der Waals surface area (Å²) in [5.41, 5.74) is 5.53. The SMILES string of the molecule is COc1cc(C(=O)Nc2ncc(Cc3ccc(F)cc3F)s2)cc(Cl)c1OCC(N)=O. The fourth-order valence-electron chi connectivity index (χ4n) is 2.60. The Hall–Kier alpha value is -3.24. The van der Waals surface area contributed by atoms with E-state index in [1.807, 2.05) is 0 Å². The Balaban J connectivity index is 1.73. The lowest BCUT2D eigenvalue weighted by molar-refractivity contribution is -0.119. The van der Waals surface area contributed by atoms with Crippen LogP contribution in [0.15, 0.2) is 36.5 Å². The molecule has 31 heavy (non-hydrogen) atoms. The van der Waals surface area contributed by atoms with Gasteiger partial charge in [-0.1, -0.05) is 17.7 Å². The van der Waals surface area contributed by atoms with Crippen LogP contribution in [0.25, 0.3) is 0 Å². The van der Waals surface area contributed by atoms with Crippen molar-refractivity contribution in [3.63, 3.8) is 0 Å². The van der Waals surface area contributed by atoms with E-state index >= 15 is 0 Å². The highest BCUT2D eigenvalue weighted by atomic mass is 35.5. The summed E-state index contributed by atoms with van der Waals surface area (Å²) in [6.45, 7) is -0.405. The van der Waals surface area contributed by atoms with Crippen LogP contribution >= 0.6 is 22.9 Å². The van der Waals surface area contributed by atoms with Gasteiger partial charge in [0.25, 0.3) is 11.8 Å². The summed E-state index contributed by atoms with van der Waals surface area (Å²) in [6, 6.07) is 6.08. The third kappa shape index (κ3) is 5.68. The number of primary amides is 1. The minimum atomic E-state index is -0.694. The highest BCUT2D eigenvalue weighted by Crippen LogP contribution is 2.36. The maximum Gasteiger partial charge on any atom is 0.257 e. The number of thiazole rings is 1. The Morgan fingerprint density at radius 1 is 1.26 bits per heavy atom. The number of carbonyl (C=O) groups excluding carboxylic acids is 2. The molecule has 162 valence electrons. The van der Waals surface area contributed by atoms with Crippen molar-refractivity contribution in [2.75, 3.05) is 19.0 Å². The summed E-state index contributed by atoms with van der Waals surface area (Å²) in [4.78, 5) is 28.3. The highest BCUT2D eigenvalue weighted by molar-refractivity contribution is 7.15. The molecule has 0 aliphatic heterocycles. The summed E-state index contributed by atoms with van der Waals surface area (Å²) in [6.07, 6.45) is 1.70. The van der Waals surface area contributed by atoms with Crippen molar-refractivity contribution in [2.24, 2.45) is 5.73 Å². The fourth-order valence-corrected chi connectivity index (χ4v) is 3.70. The van der Waals surface area contributed by atoms with E-state index in [0.29, 0.717) is 10.4 Å². The van der Waals surface area contributed by atoms with Crippen molar-refractivity contribution in [1.29, 1.82) is 0 Å². The summed E-state index contributed by atoms with van der Waals surface area (Å²) < 4.78 is 37.3. The monoisotopic (exact) mass is 467 g/mol. The third-order valence-corrected chi connectivity index (χ3v) is 5.20. The van der Waals surface area contributed by atoms with Crippen LogP contribution < -0.4 is 20.5 Å². The number of carbonyl (C=O) groups is 2. The fraction of sp³-hybridized carbons (Fsp3) is 0.150. The van der Waals surface area contributed by atoms with Crippen molar-refractivity contribution in [3.8, 4) is 11.5 Å². The lowest BCUT2D eigenvalue weighted by Gasteiger charge is -2.13. The molecule has 0 aliphatic rings. The summed E-state index contributed by atoms with van der Waals surface area (Å²) in [7, 11) is 1.35. The van der Waals surface area contributed by atoms with E-state index < -0.39 is 30.1 Å². The average molecular weight is 468 g/mol. The van der Waals surface area contributed by atoms with Gasteiger partial charge in [0, 0.05) is 29.1 Å². The van der Waals surface area contributed by atoms with Crippen molar-refractivity contribution in [3.05, 3.63) is 69.2 Å². The maximum absolute atomic E-state index is 13.8. The molecular weight excluding hydrogens is 452 g/mol. The first kappa shape index (κ1) is 22.4. The molecule has 0 radical (unpaired) electrons. The quantitative estimate of drug-likeness (QED) is 0.524. The van der Waals surface area contributed by atoms with Crippen molar-refractivity contribution >= 4 is 39.9 Å². The van der Waals surface area contributed by atoms with E-state index in [4.69, 9.17) is 26.8 Å². The smallest absolute Gasteiger partial charge is 0.257 e. The number of benzene rings is 2. The van der Waals surface area contributed by atoms with Gasteiger partial charge in [-0.15, -0.1) is 11.3 Å². The largest absolute Gasteiger partial charge is 0.493 e. The second-order valence-corrected chi connectivity index (χ2v) is 7.77. The number of aromatic nitrogens is 1. The molecule has 3 rings (SSSR count).